The molecule has 0 saturated carbocycles. The van der Waals surface area contributed by atoms with E-state index in [4.69, 9.17) is 16.3 Å². The molecular formula is C22H17ClN4O4S2. The predicted molar refractivity (Wildman–Crippen MR) is 127 cm³/mol. The number of anilines is 2. The van der Waals surface area contributed by atoms with E-state index in [-0.39, 0.29) is 20.1 Å². The second kappa shape index (κ2) is 9.99. The summed E-state index contributed by atoms with van der Waals surface area (Å²) in [4.78, 5) is 12.3. The van der Waals surface area contributed by atoms with Gasteiger partial charge in [0.05, 0.1) is 10.6 Å². The van der Waals surface area contributed by atoms with Gasteiger partial charge in [0, 0.05) is 5.69 Å². The van der Waals surface area contributed by atoms with Crippen LogP contribution in [0, 0.1) is 0 Å². The SMILES string of the molecule is O=C(Nc1nnc(S(=O)(=O)Nc2ccc(OCc3ccccc3)cc2)s1)c1ccccc1Cl. The molecular weight excluding hydrogens is 484 g/mol. The van der Waals surface area contributed by atoms with Crippen molar-refractivity contribution >= 4 is 49.7 Å². The second-order valence-corrected chi connectivity index (χ2v) is 9.95. The highest BCUT2D eigenvalue weighted by Gasteiger charge is 2.22. The van der Waals surface area contributed by atoms with E-state index in [0.717, 1.165) is 16.9 Å². The Morgan fingerprint density at radius 3 is 2.36 bits per heavy atom. The standard InChI is InChI=1S/C22H17ClN4O4S2/c23-19-9-5-4-8-18(19)20(28)24-21-25-26-22(32-21)33(29,30)27-16-10-12-17(13-11-16)31-14-15-6-2-1-3-7-15/h1-13,27H,14H2,(H,24,25,28). The lowest BCUT2D eigenvalue weighted by Gasteiger charge is -2.08. The molecule has 0 radical (unpaired) electrons. The molecule has 8 nitrogen and oxygen atoms in total. The highest BCUT2D eigenvalue weighted by Crippen LogP contribution is 2.25. The van der Waals surface area contributed by atoms with Crippen molar-refractivity contribution in [2.45, 2.75) is 10.9 Å². The third-order valence-corrected chi connectivity index (χ3v) is 7.25. The van der Waals surface area contributed by atoms with Crippen molar-refractivity contribution in [1.29, 1.82) is 0 Å². The molecule has 0 aliphatic heterocycles. The van der Waals surface area contributed by atoms with E-state index >= 15 is 0 Å². The molecule has 1 amide bonds. The van der Waals surface area contributed by atoms with Gasteiger partial charge in [-0.1, -0.05) is 65.4 Å². The molecule has 0 bridgehead atoms. The van der Waals surface area contributed by atoms with E-state index in [1.165, 1.54) is 0 Å². The first-order valence-electron chi connectivity index (χ1n) is 9.60. The summed E-state index contributed by atoms with van der Waals surface area (Å²) >= 11 is 6.73. The first-order chi connectivity index (χ1) is 15.9. The van der Waals surface area contributed by atoms with Crippen molar-refractivity contribution in [2.75, 3.05) is 10.0 Å². The number of halogens is 1. The van der Waals surface area contributed by atoms with E-state index in [2.05, 4.69) is 20.2 Å². The first kappa shape index (κ1) is 22.7. The number of hydrogen-bond acceptors (Lipinski definition) is 7. The number of carbonyl (C=O) groups excluding carboxylic acids is 1. The minimum absolute atomic E-state index is 0.0324. The van der Waals surface area contributed by atoms with Crippen molar-refractivity contribution in [3.8, 4) is 5.75 Å². The highest BCUT2D eigenvalue weighted by atomic mass is 35.5. The van der Waals surface area contributed by atoms with Gasteiger partial charge in [-0.05, 0) is 42.0 Å². The minimum atomic E-state index is -3.99. The molecule has 4 aromatic rings. The maximum absolute atomic E-state index is 12.7. The van der Waals surface area contributed by atoms with Crippen LogP contribution < -0.4 is 14.8 Å². The van der Waals surface area contributed by atoms with Crippen molar-refractivity contribution in [1.82, 2.24) is 10.2 Å². The molecule has 1 heterocycles. The van der Waals surface area contributed by atoms with Crippen LogP contribution in [0.3, 0.4) is 0 Å². The average Bonchev–Trinajstić information content (AvgIpc) is 3.29. The van der Waals surface area contributed by atoms with E-state index in [9.17, 15) is 13.2 Å². The number of nitrogens with zero attached hydrogens (tertiary/aromatic N) is 2. The number of hydrogen-bond donors (Lipinski definition) is 2. The van der Waals surface area contributed by atoms with E-state index < -0.39 is 15.9 Å². The van der Waals surface area contributed by atoms with Crippen molar-refractivity contribution in [3.05, 3.63) is 95.0 Å². The number of aromatic nitrogens is 2. The third kappa shape index (κ3) is 5.86. The summed E-state index contributed by atoms with van der Waals surface area (Å²) in [7, 11) is -3.99. The molecule has 0 unspecified atom stereocenters. The zero-order valence-corrected chi connectivity index (χ0v) is 19.3. The fourth-order valence-corrected chi connectivity index (χ4v) is 4.91. The van der Waals surface area contributed by atoms with Crippen LogP contribution in [0.5, 0.6) is 5.75 Å². The molecule has 0 fully saturated rings. The van der Waals surface area contributed by atoms with E-state index in [0.29, 0.717) is 18.0 Å². The van der Waals surface area contributed by atoms with E-state index in [1.807, 2.05) is 30.3 Å². The largest absolute Gasteiger partial charge is 0.489 e. The lowest BCUT2D eigenvalue weighted by atomic mass is 10.2. The smallest absolute Gasteiger partial charge is 0.291 e. The van der Waals surface area contributed by atoms with Crippen LogP contribution in [0.25, 0.3) is 0 Å². The molecule has 0 atom stereocenters. The molecule has 33 heavy (non-hydrogen) atoms. The van der Waals surface area contributed by atoms with Gasteiger partial charge in [0.15, 0.2) is 0 Å². The summed E-state index contributed by atoms with van der Waals surface area (Å²) in [6, 6.07) is 22.7. The number of sulfonamides is 1. The Morgan fingerprint density at radius 2 is 1.64 bits per heavy atom. The number of benzene rings is 3. The summed E-state index contributed by atoms with van der Waals surface area (Å²) < 4.78 is 33.1. The van der Waals surface area contributed by atoms with Gasteiger partial charge in [-0.15, -0.1) is 10.2 Å². The van der Waals surface area contributed by atoms with Crippen LogP contribution in [0.1, 0.15) is 15.9 Å². The number of rotatable bonds is 8. The summed E-state index contributed by atoms with van der Waals surface area (Å²) in [6.07, 6.45) is 0. The van der Waals surface area contributed by atoms with Crippen molar-refractivity contribution < 1.29 is 17.9 Å². The number of amides is 1. The van der Waals surface area contributed by atoms with Crippen LogP contribution >= 0.6 is 22.9 Å². The molecule has 0 spiro atoms. The topological polar surface area (TPSA) is 110 Å². The normalized spacial score (nSPS) is 11.1. The monoisotopic (exact) mass is 500 g/mol. The number of ether oxygens (including phenoxy) is 1. The quantitative estimate of drug-likeness (QED) is 0.335. The number of carbonyl (C=O) groups is 1. The van der Waals surface area contributed by atoms with Crippen LogP contribution in [0.15, 0.2) is 83.2 Å². The average molecular weight is 501 g/mol. The zero-order chi connectivity index (χ0) is 23.3. The summed E-state index contributed by atoms with van der Waals surface area (Å²) in [6.45, 7) is 0.402. The van der Waals surface area contributed by atoms with E-state index in [1.54, 1.807) is 48.5 Å². The Balaban J connectivity index is 1.38. The first-order valence-corrected chi connectivity index (χ1v) is 12.3. The van der Waals surface area contributed by atoms with Gasteiger partial charge >= 0.3 is 0 Å². The second-order valence-electron chi connectivity index (χ2n) is 6.71. The number of nitrogens with one attached hydrogen (secondary N) is 2. The molecule has 3 aromatic carbocycles. The van der Waals surface area contributed by atoms with Gasteiger partial charge in [0.1, 0.15) is 12.4 Å². The van der Waals surface area contributed by atoms with Gasteiger partial charge in [-0.2, -0.15) is 8.42 Å². The molecule has 4 rings (SSSR count). The lowest BCUT2D eigenvalue weighted by Crippen LogP contribution is -2.12. The molecule has 1 aromatic heterocycles. The predicted octanol–water partition coefficient (Wildman–Crippen LogP) is 4.82. The fraction of sp³-hybridized carbons (Fsp3) is 0.0455. The Hall–Kier alpha value is -3.47. The molecule has 168 valence electrons. The van der Waals surface area contributed by atoms with Crippen LogP contribution in [-0.2, 0) is 16.6 Å². The molecule has 0 aliphatic rings. The third-order valence-electron chi connectivity index (χ3n) is 4.33. The zero-order valence-electron chi connectivity index (χ0n) is 16.9. The maximum atomic E-state index is 12.7. The molecule has 11 heteroatoms. The Kier molecular flexibility index (Phi) is 6.87. The minimum Gasteiger partial charge on any atom is -0.489 e. The Morgan fingerprint density at radius 1 is 0.939 bits per heavy atom. The van der Waals surface area contributed by atoms with Crippen LogP contribution in [0.4, 0.5) is 10.8 Å². The molecule has 0 saturated heterocycles. The summed E-state index contributed by atoms with van der Waals surface area (Å²) in [5.74, 6) is 0.0852. The van der Waals surface area contributed by atoms with Gasteiger partial charge in [-0.25, -0.2) is 0 Å². The fourth-order valence-electron chi connectivity index (χ4n) is 2.74. The Bertz CT molecular complexity index is 1360. The molecule has 0 aliphatic carbocycles. The summed E-state index contributed by atoms with van der Waals surface area (Å²) in [5.41, 5.74) is 1.60. The van der Waals surface area contributed by atoms with Gasteiger partial charge in [0.2, 0.25) is 5.13 Å². The van der Waals surface area contributed by atoms with Crippen LogP contribution in [-0.4, -0.2) is 24.5 Å². The summed E-state index contributed by atoms with van der Waals surface area (Å²) in [5, 5.41) is 10.2. The highest BCUT2D eigenvalue weighted by molar-refractivity contribution is 7.94. The van der Waals surface area contributed by atoms with Crippen molar-refractivity contribution in [2.24, 2.45) is 0 Å². The lowest BCUT2D eigenvalue weighted by molar-refractivity contribution is 0.102. The Labute approximate surface area is 199 Å². The molecule has 2 N–H and O–H groups in total. The van der Waals surface area contributed by atoms with Gasteiger partial charge in [-0.3, -0.25) is 14.8 Å². The van der Waals surface area contributed by atoms with Gasteiger partial charge in [0.25, 0.3) is 20.3 Å². The van der Waals surface area contributed by atoms with Crippen LogP contribution in [0.2, 0.25) is 5.02 Å². The maximum Gasteiger partial charge on any atom is 0.291 e. The van der Waals surface area contributed by atoms with Gasteiger partial charge < -0.3 is 4.74 Å². The van der Waals surface area contributed by atoms with Crippen molar-refractivity contribution in [3.63, 3.8) is 0 Å².